The van der Waals surface area contributed by atoms with Crippen LogP contribution in [0.5, 0.6) is 5.75 Å². The zero-order chi connectivity index (χ0) is 15.1. The normalized spacial score (nSPS) is 11.4. The molecule has 0 aliphatic heterocycles. The lowest BCUT2D eigenvalue weighted by atomic mass is 10.2. The molecule has 0 saturated heterocycles. The van der Waals surface area contributed by atoms with Gasteiger partial charge in [0.25, 0.3) is 5.91 Å². The summed E-state index contributed by atoms with van der Waals surface area (Å²) in [5.74, 6) is -4.08. The van der Waals surface area contributed by atoms with Gasteiger partial charge < -0.3 is 20.3 Å². The molecule has 7 nitrogen and oxygen atoms in total. The quantitative estimate of drug-likeness (QED) is 0.662. The number of ether oxygens (including phenoxy) is 1. The van der Waals surface area contributed by atoms with Gasteiger partial charge in [0.15, 0.2) is 6.61 Å². The van der Waals surface area contributed by atoms with Gasteiger partial charge in [-0.1, -0.05) is 6.07 Å². The largest absolute Gasteiger partial charge is 0.484 e. The van der Waals surface area contributed by atoms with Crippen molar-refractivity contribution in [3.63, 3.8) is 0 Å². The van der Waals surface area contributed by atoms with E-state index in [1.807, 2.05) is 5.32 Å². The molecule has 1 aromatic rings. The number of halogens is 1. The molecule has 1 aromatic carbocycles. The molecule has 0 bridgehead atoms. The fourth-order valence-corrected chi connectivity index (χ4v) is 1.32. The van der Waals surface area contributed by atoms with Gasteiger partial charge in [0.05, 0.1) is 6.42 Å². The van der Waals surface area contributed by atoms with Crippen molar-refractivity contribution in [1.82, 2.24) is 5.32 Å². The highest BCUT2D eigenvalue weighted by atomic mass is 19.1. The van der Waals surface area contributed by atoms with Gasteiger partial charge in [0.2, 0.25) is 0 Å². The zero-order valence-corrected chi connectivity index (χ0v) is 10.2. The van der Waals surface area contributed by atoms with Crippen LogP contribution in [0.1, 0.15) is 6.42 Å². The highest BCUT2D eigenvalue weighted by Gasteiger charge is 2.23. The highest BCUT2D eigenvalue weighted by molar-refractivity contribution is 5.87. The first-order valence-corrected chi connectivity index (χ1v) is 5.51. The molecule has 1 amide bonds. The zero-order valence-electron chi connectivity index (χ0n) is 10.2. The first-order valence-electron chi connectivity index (χ1n) is 5.51. The van der Waals surface area contributed by atoms with E-state index in [0.717, 1.165) is 6.07 Å². The van der Waals surface area contributed by atoms with Crippen LogP contribution in [-0.2, 0) is 14.4 Å². The van der Waals surface area contributed by atoms with Gasteiger partial charge in [-0.15, -0.1) is 0 Å². The van der Waals surface area contributed by atoms with Crippen LogP contribution in [0.4, 0.5) is 4.39 Å². The van der Waals surface area contributed by atoms with Crippen LogP contribution in [0.15, 0.2) is 24.3 Å². The van der Waals surface area contributed by atoms with Gasteiger partial charge in [0.1, 0.15) is 17.6 Å². The number of hydrogen-bond acceptors (Lipinski definition) is 4. The molecule has 1 unspecified atom stereocenters. The molecule has 0 fully saturated rings. The summed E-state index contributed by atoms with van der Waals surface area (Å²) in [5, 5.41) is 19.2. The molecule has 20 heavy (non-hydrogen) atoms. The molecule has 0 saturated carbocycles. The molecular weight excluding hydrogens is 273 g/mol. The minimum absolute atomic E-state index is 0.102. The fourth-order valence-electron chi connectivity index (χ4n) is 1.32. The smallest absolute Gasteiger partial charge is 0.326 e. The predicted octanol–water partition coefficient (Wildman–Crippen LogP) is 0.249. The van der Waals surface area contributed by atoms with Crippen LogP contribution >= 0.6 is 0 Å². The van der Waals surface area contributed by atoms with Gasteiger partial charge >= 0.3 is 11.9 Å². The minimum Gasteiger partial charge on any atom is -0.484 e. The lowest BCUT2D eigenvalue weighted by molar-refractivity contribution is -0.147. The van der Waals surface area contributed by atoms with Gasteiger partial charge in [-0.05, 0) is 12.1 Å². The van der Waals surface area contributed by atoms with Crippen LogP contribution < -0.4 is 10.1 Å². The van der Waals surface area contributed by atoms with Gasteiger partial charge in [0, 0.05) is 6.07 Å². The monoisotopic (exact) mass is 285 g/mol. The molecule has 0 heterocycles. The molecule has 0 aliphatic rings. The SMILES string of the molecule is O=C(O)CC(NC(=O)COc1cccc(F)c1)C(=O)O. The van der Waals surface area contributed by atoms with E-state index >= 15 is 0 Å². The Bertz CT molecular complexity index is 518. The molecule has 1 rings (SSSR count). The number of carbonyl (C=O) groups is 3. The van der Waals surface area contributed by atoms with Crippen molar-refractivity contribution < 1.29 is 33.7 Å². The first-order chi connectivity index (χ1) is 9.38. The Morgan fingerprint density at radius 1 is 1.30 bits per heavy atom. The standard InChI is InChI=1S/C12H12FNO6/c13-7-2-1-3-8(4-7)20-6-10(15)14-9(12(18)19)5-11(16)17/h1-4,9H,5-6H2,(H,14,15)(H,16,17)(H,18,19). The third kappa shape index (κ3) is 5.34. The second kappa shape index (κ2) is 7.07. The summed E-state index contributed by atoms with van der Waals surface area (Å²) >= 11 is 0. The summed E-state index contributed by atoms with van der Waals surface area (Å²) < 4.78 is 17.8. The fraction of sp³-hybridized carbons (Fsp3) is 0.250. The number of carboxylic acid groups (broad SMARTS) is 2. The van der Waals surface area contributed by atoms with Crippen LogP contribution in [0.3, 0.4) is 0 Å². The Morgan fingerprint density at radius 3 is 2.55 bits per heavy atom. The number of rotatable bonds is 7. The van der Waals surface area contributed by atoms with E-state index in [4.69, 9.17) is 14.9 Å². The lowest BCUT2D eigenvalue weighted by Gasteiger charge is -2.12. The van der Waals surface area contributed by atoms with E-state index in [2.05, 4.69) is 0 Å². The number of aliphatic carboxylic acids is 2. The average Bonchev–Trinajstić information content (AvgIpc) is 2.35. The third-order valence-corrected chi connectivity index (χ3v) is 2.18. The number of amides is 1. The number of nitrogens with one attached hydrogen (secondary N) is 1. The molecule has 108 valence electrons. The number of carbonyl (C=O) groups excluding carboxylic acids is 1. The first kappa shape index (κ1) is 15.4. The Morgan fingerprint density at radius 2 is 2.00 bits per heavy atom. The second-order valence-corrected chi connectivity index (χ2v) is 3.80. The number of benzene rings is 1. The van der Waals surface area contributed by atoms with Crippen LogP contribution in [-0.4, -0.2) is 40.7 Å². The topological polar surface area (TPSA) is 113 Å². The van der Waals surface area contributed by atoms with E-state index in [1.165, 1.54) is 18.2 Å². The van der Waals surface area contributed by atoms with Crippen molar-refractivity contribution in [2.24, 2.45) is 0 Å². The molecule has 3 N–H and O–H groups in total. The molecule has 1 atom stereocenters. The Labute approximate surface area is 113 Å². The summed E-state index contributed by atoms with van der Waals surface area (Å²) in [4.78, 5) is 32.6. The summed E-state index contributed by atoms with van der Waals surface area (Å²) in [7, 11) is 0. The Hall–Kier alpha value is -2.64. The Balaban J connectivity index is 2.49. The van der Waals surface area contributed by atoms with Gasteiger partial charge in [-0.3, -0.25) is 9.59 Å². The van der Waals surface area contributed by atoms with Gasteiger partial charge in [-0.25, -0.2) is 9.18 Å². The van der Waals surface area contributed by atoms with Crippen molar-refractivity contribution in [2.45, 2.75) is 12.5 Å². The van der Waals surface area contributed by atoms with Crippen molar-refractivity contribution in [2.75, 3.05) is 6.61 Å². The molecule has 0 aromatic heterocycles. The van der Waals surface area contributed by atoms with E-state index < -0.39 is 42.7 Å². The molecular formula is C12H12FNO6. The summed E-state index contributed by atoms with van der Waals surface area (Å²) in [6.07, 6.45) is -0.749. The van der Waals surface area contributed by atoms with Gasteiger partial charge in [-0.2, -0.15) is 0 Å². The Kier molecular flexibility index (Phi) is 5.45. The van der Waals surface area contributed by atoms with Crippen molar-refractivity contribution >= 4 is 17.8 Å². The molecule has 0 aliphatic carbocycles. The average molecular weight is 285 g/mol. The summed E-state index contributed by atoms with van der Waals surface area (Å²) in [5.41, 5.74) is 0. The number of carboxylic acids is 2. The maximum Gasteiger partial charge on any atom is 0.326 e. The van der Waals surface area contributed by atoms with Crippen LogP contribution in [0.2, 0.25) is 0 Å². The van der Waals surface area contributed by atoms with E-state index in [-0.39, 0.29) is 5.75 Å². The van der Waals surface area contributed by atoms with E-state index in [0.29, 0.717) is 0 Å². The predicted molar refractivity (Wildman–Crippen MR) is 63.7 cm³/mol. The molecule has 0 radical (unpaired) electrons. The van der Waals surface area contributed by atoms with Crippen LogP contribution in [0.25, 0.3) is 0 Å². The molecule has 0 spiro atoms. The highest BCUT2D eigenvalue weighted by Crippen LogP contribution is 2.11. The second-order valence-electron chi connectivity index (χ2n) is 3.80. The molecule has 8 heteroatoms. The minimum atomic E-state index is -1.55. The van der Waals surface area contributed by atoms with Crippen LogP contribution in [0, 0.1) is 5.82 Å². The van der Waals surface area contributed by atoms with Crippen molar-refractivity contribution in [3.05, 3.63) is 30.1 Å². The maximum atomic E-state index is 12.8. The van der Waals surface area contributed by atoms with E-state index in [9.17, 15) is 18.8 Å². The van der Waals surface area contributed by atoms with Crippen molar-refractivity contribution in [3.8, 4) is 5.75 Å². The third-order valence-electron chi connectivity index (χ3n) is 2.18. The maximum absolute atomic E-state index is 12.8. The van der Waals surface area contributed by atoms with E-state index in [1.54, 1.807) is 0 Å². The van der Waals surface area contributed by atoms with Crippen molar-refractivity contribution in [1.29, 1.82) is 0 Å². The number of hydrogen-bond donors (Lipinski definition) is 3. The lowest BCUT2D eigenvalue weighted by Crippen LogP contribution is -2.44. The summed E-state index contributed by atoms with van der Waals surface area (Å²) in [6.45, 7) is -0.549. The summed E-state index contributed by atoms with van der Waals surface area (Å²) in [6, 6.07) is 3.51.